The first kappa shape index (κ1) is 21.6. The summed E-state index contributed by atoms with van der Waals surface area (Å²) in [6.45, 7) is 0. The molecule has 176 valence electrons. The number of para-hydroxylation sites is 1. The molecule has 6 rings (SSSR count). The van der Waals surface area contributed by atoms with Gasteiger partial charge < -0.3 is 8.83 Å². The molecule has 0 saturated heterocycles. The number of thioether (sulfide) groups is 1. The van der Waals surface area contributed by atoms with Gasteiger partial charge in [-0.2, -0.15) is 9.78 Å². The predicted octanol–water partition coefficient (Wildman–Crippen LogP) is 4.76. The molecule has 0 bridgehead atoms. The Morgan fingerprint density at radius 1 is 1.09 bits per heavy atom. The van der Waals surface area contributed by atoms with Gasteiger partial charge in [0.05, 0.1) is 29.7 Å². The second-order valence-corrected chi connectivity index (χ2v) is 9.31. The fraction of sp³-hybridized carbons (Fsp3) is 0.240. The number of allylic oxidation sites excluding steroid dienone is 1. The van der Waals surface area contributed by atoms with Crippen LogP contribution in [0.5, 0.6) is 0 Å². The van der Waals surface area contributed by atoms with Gasteiger partial charge in [0, 0.05) is 5.92 Å². The van der Waals surface area contributed by atoms with E-state index >= 15 is 0 Å². The van der Waals surface area contributed by atoms with Crippen LogP contribution in [0.25, 0.3) is 11.8 Å². The van der Waals surface area contributed by atoms with Crippen molar-refractivity contribution < 1.29 is 13.6 Å². The Hall–Kier alpha value is -3.92. The maximum absolute atomic E-state index is 13.5. The maximum atomic E-state index is 13.5. The molecule has 9 nitrogen and oxygen atoms in total. The number of tetrazole rings is 1. The minimum atomic E-state index is -0.279. The number of nitrogens with zero attached hydrogens (tertiary/aromatic N) is 6. The molecule has 1 aliphatic carbocycles. The molecular weight excluding hydrogens is 464 g/mol. The van der Waals surface area contributed by atoms with Gasteiger partial charge in [0.1, 0.15) is 17.6 Å². The van der Waals surface area contributed by atoms with Crippen LogP contribution in [-0.2, 0) is 4.79 Å². The molecule has 4 aromatic rings. The van der Waals surface area contributed by atoms with E-state index < -0.39 is 0 Å². The summed E-state index contributed by atoms with van der Waals surface area (Å²) in [7, 11) is 0. The number of benzene rings is 1. The van der Waals surface area contributed by atoms with Gasteiger partial charge in [-0.25, -0.2) is 5.01 Å². The van der Waals surface area contributed by atoms with Gasteiger partial charge in [-0.3, -0.25) is 4.79 Å². The van der Waals surface area contributed by atoms with Gasteiger partial charge in [-0.05, 0) is 77.7 Å². The smallest absolute Gasteiger partial charge is 0.253 e. The molecule has 1 amide bonds. The number of hydrazone groups is 1. The maximum Gasteiger partial charge on any atom is 0.253 e. The van der Waals surface area contributed by atoms with Crippen LogP contribution < -0.4 is 0 Å². The van der Waals surface area contributed by atoms with E-state index in [1.807, 2.05) is 60.7 Å². The zero-order valence-electron chi connectivity index (χ0n) is 18.7. The van der Waals surface area contributed by atoms with Crippen LogP contribution in [0, 0.1) is 5.92 Å². The van der Waals surface area contributed by atoms with Crippen LogP contribution in [0.2, 0.25) is 0 Å². The van der Waals surface area contributed by atoms with E-state index in [0.717, 1.165) is 47.8 Å². The number of aromatic nitrogens is 4. The molecule has 35 heavy (non-hydrogen) atoms. The molecule has 4 heterocycles. The molecule has 1 saturated carbocycles. The molecule has 1 aliphatic heterocycles. The summed E-state index contributed by atoms with van der Waals surface area (Å²) in [6, 6.07) is 16.9. The monoisotopic (exact) mass is 486 g/mol. The van der Waals surface area contributed by atoms with E-state index in [0.29, 0.717) is 5.16 Å². The van der Waals surface area contributed by atoms with Crippen molar-refractivity contribution in [3.05, 3.63) is 84.2 Å². The lowest BCUT2D eigenvalue weighted by Crippen LogP contribution is -2.32. The molecule has 2 aliphatic rings. The first-order chi connectivity index (χ1) is 17.3. The van der Waals surface area contributed by atoms with E-state index in [1.54, 1.807) is 22.2 Å². The molecule has 0 N–H and O–H groups in total. The standard InChI is InChI=1S/C25H22N6O3S/c32-22(16-35-25-26-28-29-30(25)18-8-2-1-3-9-18)31-24(21-12-6-14-34-21)20-11-4-7-17(23(20)27-31)15-19-10-5-13-33-19/h1-3,5-6,8-10,12-15,20,24H,4,7,11,16H2/b17-15-. The Kier molecular flexibility index (Phi) is 5.79. The van der Waals surface area contributed by atoms with Gasteiger partial charge in [0.15, 0.2) is 0 Å². The third-order valence-electron chi connectivity index (χ3n) is 6.22. The lowest BCUT2D eigenvalue weighted by atomic mass is 9.79. The number of hydrogen-bond acceptors (Lipinski definition) is 8. The van der Waals surface area contributed by atoms with Gasteiger partial charge >= 0.3 is 0 Å². The van der Waals surface area contributed by atoms with Gasteiger partial charge in [-0.15, -0.1) is 5.10 Å². The quantitative estimate of drug-likeness (QED) is 0.362. The summed E-state index contributed by atoms with van der Waals surface area (Å²) < 4.78 is 12.9. The van der Waals surface area contributed by atoms with Gasteiger partial charge in [0.2, 0.25) is 5.16 Å². The number of fused-ring (bicyclic) bond motifs is 1. The number of hydrogen-bond donors (Lipinski definition) is 0. The van der Waals surface area contributed by atoms with Crippen molar-refractivity contribution in [2.75, 3.05) is 5.75 Å². The van der Waals surface area contributed by atoms with Crippen molar-refractivity contribution in [2.45, 2.75) is 30.5 Å². The first-order valence-corrected chi connectivity index (χ1v) is 12.4. The Morgan fingerprint density at radius 3 is 2.74 bits per heavy atom. The van der Waals surface area contributed by atoms with Crippen LogP contribution in [0.4, 0.5) is 0 Å². The highest BCUT2D eigenvalue weighted by atomic mass is 32.2. The normalized spacial score (nSPS) is 20.7. The number of amides is 1. The van der Waals surface area contributed by atoms with Crippen molar-refractivity contribution in [2.24, 2.45) is 11.0 Å². The Balaban J connectivity index is 1.27. The van der Waals surface area contributed by atoms with Crippen molar-refractivity contribution >= 4 is 29.5 Å². The average Bonchev–Trinajstić information content (AvgIpc) is 3.69. The average molecular weight is 487 g/mol. The molecule has 10 heteroatoms. The summed E-state index contributed by atoms with van der Waals surface area (Å²) in [5.41, 5.74) is 2.87. The van der Waals surface area contributed by atoms with E-state index in [2.05, 4.69) is 15.5 Å². The SMILES string of the molecule is O=C(CSc1nnnn1-c1ccccc1)N1N=C2/C(=C\c3ccco3)CCCC2C1c1ccco1. The van der Waals surface area contributed by atoms with Crippen LogP contribution in [0.3, 0.4) is 0 Å². The zero-order chi connectivity index (χ0) is 23.6. The molecule has 2 atom stereocenters. The van der Waals surface area contributed by atoms with Crippen molar-refractivity contribution in [3.8, 4) is 5.69 Å². The fourth-order valence-electron chi connectivity index (χ4n) is 4.68. The highest BCUT2D eigenvalue weighted by Crippen LogP contribution is 2.44. The minimum Gasteiger partial charge on any atom is -0.467 e. The van der Waals surface area contributed by atoms with Crippen molar-refractivity contribution in [3.63, 3.8) is 0 Å². The summed E-state index contributed by atoms with van der Waals surface area (Å²) in [5, 5.41) is 19.0. The third-order valence-corrected chi connectivity index (χ3v) is 7.12. The third kappa shape index (κ3) is 4.21. The first-order valence-electron chi connectivity index (χ1n) is 11.4. The van der Waals surface area contributed by atoms with Crippen LogP contribution in [0.1, 0.15) is 36.8 Å². The van der Waals surface area contributed by atoms with Gasteiger partial charge in [0.25, 0.3) is 5.91 Å². The van der Waals surface area contributed by atoms with E-state index in [-0.39, 0.29) is 23.6 Å². The summed E-state index contributed by atoms with van der Waals surface area (Å²) in [6.07, 6.45) is 8.16. The summed E-state index contributed by atoms with van der Waals surface area (Å²) in [4.78, 5) is 13.5. The van der Waals surface area contributed by atoms with E-state index in [9.17, 15) is 4.79 Å². The minimum absolute atomic E-state index is 0.0692. The van der Waals surface area contributed by atoms with Crippen LogP contribution >= 0.6 is 11.8 Å². The van der Waals surface area contributed by atoms with E-state index in [4.69, 9.17) is 13.9 Å². The zero-order valence-corrected chi connectivity index (χ0v) is 19.5. The molecule has 2 unspecified atom stereocenters. The fourth-order valence-corrected chi connectivity index (χ4v) is 5.43. The second-order valence-electron chi connectivity index (χ2n) is 8.37. The Bertz CT molecular complexity index is 1360. The predicted molar refractivity (Wildman–Crippen MR) is 130 cm³/mol. The van der Waals surface area contributed by atoms with Crippen LogP contribution in [-0.4, -0.2) is 42.6 Å². The van der Waals surface area contributed by atoms with Crippen LogP contribution in [0.15, 0.2) is 91.8 Å². The lowest BCUT2D eigenvalue weighted by molar-refractivity contribution is -0.131. The Labute approximate surface area is 205 Å². The number of carbonyl (C=O) groups is 1. The second kappa shape index (κ2) is 9.38. The van der Waals surface area contributed by atoms with E-state index in [1.165, 1.54) is 11.8 Å². The molecule has 0 radical (unpaired) electrons. The highest BCUT2D eigenvalue weighted by molar-refractivity contribution is 7.99. The number of furan rings is 2. The van der Waals surface area contributed by atoms with Crippen molar-refractivity contribution in [1.82, 2.24) is 25.2 Å². The molecule has 3 aromatic heterocycles. The highest BCUT2D eigenvalue weighted by Gasteiger charge is 2.45. The molecule has 1 fully saturated rings. The lowest BCUT2D eigenvalue weighted by Gasteiger charge is -2.27. The van der Waals surface area contributed by atoms with Crippen molar-refractivity contribution in [1.29, 1.82) is 0 Å². The topological polar surface area (TPSA) is 103 Å². The summed E-state index contributed by atoms with van der Waals surface area (Å²) in [5.74, 6) is 1.61. The summed E-state index contributed by atoms with van der Waals surface area (Å²) >= 11 is 1.29. The molecular formula is C25H22N6O3S. The van der Waals surface area contributed by atoms with Gasteiger partial charge in [-0.1, -0.05) is 30.0 Å². The Morgan fingerprint density at radius 2 is 1.94 bits per heavy atom. The number of carbonyl (C=O) groups excluding carboxylic acids is 1. The molecule has 1 aromatic carbocycles. The largest absolute Gasteiger partial charge is 0.467 e. The number of rotatable bonds is 6. The molecule has 0 spiro atoms.